The second kappa shape index (κ2) is 3.90. The number of carboxylic acids is 1. The first-order valence-corrected chi connectivity index (χ1v) is 6.01. The molecule has 2 heterocycles. The van der Waals surface area contributed by atoms with E-state index in [1.807, 2.05) is 11.3 Å². The number of thiazole rings is 1. The quantitative estimate of drug-likeness (QED) is 0.894. The lowest BCUT2D eigenvalue weighted by Gasteiger charge is -2.06. The molecule has 2 aromatic heterocycles. The van der Waals surface area contributed by atoms with Crippen molar-refractivity contribution in [3.8, 4) is 0 Å². The summed E-state index contributed by atoms with van der Waals surface area (Å²) < 4.78 is 1.95. The fraction of sp³-hybridized carbons (Fsp3) is 0.455. The van der Waals surface area contributed by atoms with Gasteiger partial charge in [-0.15, -0.1) is 0 Å². The maximum Gasteiger partial charge on any atom is 0.347 e. The molecule has 2 rings (SSSR count). The Morgan fingerprint density at radius 2 is 2.31 bits per heavy atom. The van der Waals surface area contributed by atoms with Gasteiger partial charge in [-0.05, 0) is 19.3 Å². The number of hydrogen-bond donors (Lipinski definition) is 1. The Balaban J connectivity index is 2.66. The van der Waals surface area contributed by atoms with Crippen molar-refractivity contribution in [3.63, 3.8) is 0 Å². The average Bonchev–Trinajstić information content (AvgIpc) is 2.68. The van der Waals surface area contributed by atoms with E-state index in [1.54, 1.807) is 6.20 Å². The van der Waals surface area contributed by atoms with Crippen LogP contribution in [0.15, 0.2) is 6.20 Å². The SMILES string of the molecule is Cc1cnc2sc(C(=O)O)c(CC(C)C)n12. The second-order valence-electron chi connectivity index (χ2n) is 4.30. The van der Waals surface area contributed by atoms with Crippen molar-refractivity contribution < 1.29 is 9.90 Å². The van der Waals surface area contributed by atoms with Crippen molar-refractivity contribution >= 4 is 22.3 Å². The molecule has 86 valence electrons. The molecule has 1 N–H and O–H groups in total. The normalized spacial score (nSPS) is 11.5. The van der Waals surface area contributed by atoms with Gasteiger partial charge in [0, 0.05) is 11.9 Å². The van der Waals surface area contributed by atoms with Crippen LogP contribution < -0.4 is 0 Å². The lowest BCUT2D eigenvalue weighted by molar-refractivity contribution is 0.0700. The summed E-state index contributed by atoms with van der Waals surface area (Å²) in [7, 11) is 0. The molecule has 5 heteroatoms. The van der Waals surface area contributed by atoms with Gasteiger partial charge < -0.3 is 5.11 Å². The van der Waals surface area contributed by atoms with Crippen LogP contribution in [0.1, 0.15) is 34.9 Å². The largest absolute Gasteiger partial charge is 0.477 e. The molecule has 0 amide bonds. The van der Waals surface area contributed by atoms with Gasteiger partial charge in [0.25, 0.3) is 0 Å². The molecule has 0 aliphatic rings. The van der Waals surface area contributed by atoms with Crippen molar-refractivity contribution in [2.75, 3.05) is 0 Å². The Morgan fingerprint density at radius 1 is 1.62 bits per heavy atom. The molecule has 0 atom stereocenters. The van der Waals surface area contributed by atoms with Crippen LogP contribution in [0.5, 0.6) is 0 Å². The summed E-state index contributed by atoms with van der Waals surface area (Å²) in [6.45, 7) is 6.12. The first-order valence-electron chi connectivity index (χ1n) is 5.19. The highest BCUT2D eigenvalue weighted by Gasteiger charge is 2.20. The maximum atomic E-state index is 11.2. The summed E-state index contributed by atoms with van der Waals surface area (Å²) in [5.74, 6) is -0.428. The minimum absolute atomic E-state index is 0.417. The third-order valence-corrected chi connectivity index (χ3v) is 3.51. The number of carboxylic acid groups (broad SMARTS) is 1. The zero-order valence-corrected chi connectivity index (χ0v) is 10.3. The van der Waals surface area contributed by atoms with Crippen LogP contribution >= 0.6 is 11.3 Å². The number of fused-ring (bicyclic) bond motifs is 1. The van der Waals surface area contributed by atoms with Crippen LogP contribution in [0, 0.1) is 12.8 Å². The summed E-state index contributed by atoms with van der Waals surface area (Å²) in [5.41, 5.74) is 1.87. The van der Waals surface area contributed by atoms with Gasteiger partial charge in [-0.1, -0.05) is 25.2 Å². The lowest BCUT2D eigenvalue weighted by atomic mass is 10.1. The first-order chi connectivity index (χ1) is 7.50. The molecule has 0 fully saturated rings. The molecule has 0 unspecified atom stereocenters. The van der Waals surface area contributed by atoms with Gasteiger partial charge in [-0.2, -0.15) is 0 Å². The van der Waals surface area contributed by atoms with Gasteiger partial charge >= 0.3 is 5.97 Å². The third kappa shape index (κ3) is 1.71. The van der Waals surface area contributed by atoms with E-state index in [9.17, 15) is 4.79 Å². The van der Waals surface area contributed by atoms with E-state index in [-0.39, 0.29) is 0 Å². The van der Waals surface area contributed by atoms with Crippen LogP contribution in [0.4, 0.5) is 0 Å². The molecule has 4 nitrogen and oxygen atoms in total. The number of imidazole rings is 1. The highest BCUT2D eigenvalue weighted by Crippen LogP contribution is 2.26. The lowest BCUT2D eigenvalue weighted by Crippen LogP contribution is -2.06. The molecule has 0 aliphatic carbocycles. The Bertz CT molecular complexity index is 539. The fourth-order valence-corrected chi connectivity index (χ4v) is 2.82. The number of aryl methyl sites for hydroxylation is 1. The third-order valence-electron chi connectivity index (χ3n) is 2.43. The van der Waals surface area contributed by atoms with Gasteiger partial charge in [0.2, 0.25) is 0 Å². The van der Waals surface area contributed by atoms with Crippen LogP contribution in [0.3, 0.4) is 0 Å². The Labute approximate surface area is 97.6 Å². The second-order valence-corrected chi connectivity index (χ2v) is 5.28. The van der Waals surface area contributed by atoms with Crippen molar-refractivity contribution in [2.45, 2.75) is 27.2 Å². The fourth-order valence-electron chi connectivity index (χ4n) is 1.80. The summed E-state index contributed by atoms with van der Waals surface area (Å²) >= 11 is 1.25. The van der Waals surface area contributed by atoms with Crippen LogP contribution in [-0.2, 0) is 6.42 Å². The smallest absolute Gasteiger partial charge is 0.347 e. The summed E-state index contributed by atoms with van der Waals surface area (Å²) in [6.07, 6.45) is 2.54. The number of carbonyl (C=O) groups is 1. The monoisotopic (exact) mass is 238 g/mol. The molecule has 0 saturated carbocycles. The van der Waals surface area contributed by atoms with Gasteiger partial charge in [0.15, 0.2) is 4.96 Å². The molecule has 16 heavy (non-hydrogen) atoms. The number of aromatic nitrogens is 2. The van der Waals surface area contributed by atoms with Crippen molar-refractivity contribution in [2.24, 2.45) is 5.92 Å². The van der Waals surface area contributed by atoms with Crippen molar-refractivity contribution in [1.29, 1.82) is 0 Å². The Kier molecular flexibility index (Phi) is 2.71. The molecule has 0 spiro atoms. The van der Waals surface area contributed by atoms with E-state index in [2.05, 4.69) is 18.8 Å². The predicted octanol–water partition coefficient (Wildman–Crippen LogP) is 2.60. The first kappa shape index (κ1) is 11.1. The summed E-state index contributed by atoms with van der Waals surface area (Å²) in [4.78, 5) is 16.5. The number of nitrogens with zero attached hydrogens (tertiary/aromatic N) is 2. The maximum absolute atomic E-state index is 11.2. The highest BCUT2D eigenvalue weighted by atomic mass is 32.1. The number of aromatic carboxylic acids is 1. The molecule has 0 aromatic carbocycles. The van der Waals surface area contributed by atoms with Gasteiger partial charge in [0.05, 0.1) is 5.69 Å². The minimum Gasteiger partial charge on any atom is -0.477 e. The van der Waals surface area contributed by atoms with E-state index in [1.165, 1.54) is 11.3 Å². The molecule has 0 bridgehead atoms. The molecule has 2 aromatic rings. The standard InChI is InChI=1S/C11H14N2O2S/c1-6(2)4-8-9(10(14)15)16-11-12-5-7(3)13(8)11/h5-6H,4H2,1-3H3,(H,14,15). The van der Waals surface area contributed by atoms with Crippen LogP contribution in [0.2, 0.25) is 0 Å². The highest BCUT2D eigenvalue weighted by molar-refractivity contribution is 7.19. The van der Waals surface area contributed by atoms with E-state index >= 15 is 0 Å². The zero-order valence-electron chi connectivity index (χ0n) is 9.52. The summed E-state index contributed by atoms with van der Waals surface area (Å²) in [5, 5.41) is 9.16. The minimum atomic E-state index is -0.856. The molecular formula is C11H14N2O2S. The van der Waals surface area contributed by atoms with Gasteiger partial charge in [-0.3, -0.25) is 4.40 Å². The molecule has 0 radical (unpaired) electrons. The predicted molar refractivity (Wildman–Crippen MR) is 63.3 cm³/mol. The number of rotatable bonds is 3. The van der Waals surface area contributed by atoms with Gasteiger partial charge in [-0.25, -0.2) is 9.78 Å². The van der Waals surface area contributed by atoms with Crippen molar-refractivity contribution in [1.82, 2.24) is 9.38 Å². The molecule has 0 saturated heterocycles. The zero-order chi connectivity index (χ0) is 11.9. The van der Waals surface area contributed by atoms with E-state index in [0.29, 0.717) is 10.8 Å². The van der Waals surface area contributed by atoms with Gasteiger partial charge in [0.1, 0.15) is 4.88 Å². The number of hydrogen-bond acceptors (Lipinski definition) is 3. The summed E-state index contributed by atoms with van der Waals surface area (Å²) in [6, 6.07) is 0. The Hall–Kier alpha value is -1.36. The molecule has 0 aliphatic heterocycles. The van der Waals surface area contributed by atoms with E-state index in [0.717, 1.165) is 22.8 Å². The Morgan fingerprint density at radius 3 is 2.88 bits per heavy atom. The van der Waals surface area contributed by atoms with E-state index < -0.39 is 5.97 Å². The topological polar surface area (TPSA) is 54.6 Å². The van der Waals surface area contributed by atoms with Crippen LogP contribution in [-0.4, -0.2) is 20.5 Å². The van der Waals surface area contributed by atoms with Crippen molar-refractivity contribution in [3.05, 3.63) is 22.5 Å². The molecular weight excluding hydrogens is 224 g/mol. The average molecular weight is 238 g/mol. The van der Waals surface area contributed by atoms with E-state index in [4.69, 9.17) is 5.11 Å². The van der Waals surface area contributed by atoms with Crippen LogP contribution in [0.25, 0.3) is 4.96 Å².